The van der Waals surface area contributed by atoms with Crippen LogP contribution in [-0.2, 0) is 11.8 Å². The van der Waals surface area contributed by atoms with Crippen LogP contribution in [0.2, 0.25) is 0 Å². The van der Waals surface area contributed by atoms with Crippen molar-refractivity contribution in [3.05, 3.63) is 36.4 Å². The Kier molecular flexibility index (Phi) is 5.41. The molecule has 10 heteroatoms. The highest BCUT2D eigenvalue weighted by atomic mass is 16.3. The van der Waals surface area contributed by atoms with Gasteiger partial charge in [0, 0.05) is 55.1 Å². The predicted octanol–water partition coefficient (Wildman–Crippen LogP) is 1.25. The van der Waals surface area contributed by atoms with E-state index in [9.17, 15) is 14.7 Å². The molecule has 10 nitrogen and oxygen atoms in total. The van der Waals surface area contributed by atoms with E-state index < -0.39 is 12.0 Å². The van der Waals surface area contributed by atoms with Gasteiger partial charge in [0.15, 0.2) is 0 Å². The van der Waals surface area contributed by atoms with Crippen molar-refractivity contribution in [1.29, 1.82) is 0 Å². The molecule has 2 atom stereocenters. The summed E-state index contributed by atoms with van der Waals surface area (Å²) in [6.07, 6.45) is 6.68. The van der Waals surface area contributed by atoms with Crippen LogP contribution in [-0.4, -0.2) is 66.5 Å². The molecule has 0 aliphatic carbocycles. The molecule has 0 bridgehead atoms. The molecule has 1 fully saturated rings. The third-order valence-corrected chi connectivity index (χ3v) is 6.16. The zero-order chi connectivity index (χ0) is 23.2. The van der Waals surface area contributed by atoms with E-state index in [1.54, 1.807) is 20.3 Å². The maximum absolute atomic E-state index is 12.3. The Labute approximate surface area is 186 Å². The number of rotatable bonds is 5. The van der Waals surface area contributed by atoms with E-state index in [1.165, 1.54) is 13.1 Å². The number of nitrogens with one attached hydrogen (secondary N) is 1. The quantitative estimate of drug-likeness (QED) is 0.548. The van der Waals surface area contributed by atoms with Crippen LogP contribution in [0.3, 0.4) is 0 Å². The number of fused-ring (bicyclic) bond motifs is 1. The number of aryl methyl sites for hydroxylation is 1. The Hall–Kier alpha value is -3.40. The molecule has 2 amide bonds. The minimum Gasteiger partial charge on any atom is -0.384 e. The van der Waals surface area contributed by atoms with Gasteiger partial charge in [0.2, 0.25) is 0 Å². The number of nitrogens with two attached hydrogens (primary N) is 1. The van der Waals surface area contributed by atoms with E-state index in [0.717, 1.165) is 16.6 Å². The van der Waals surface area contributed by atoms with E-state index in [1.807, 2.05) is 25.5 Å². The summed E-state index contributed by atoms with van der Waals surface area (Å²) < 4.78 is 3.44. The first-order chi connectivity index (χ1) is 15.1. The molecule has 3 aromatic rings. The predicted molar refractivity (Wildman–Crippen MR) is 120 cm³/mol. The van der Waals surface area contributed by atoms with Gasteiger partial charge in [-0.3, -0.25) is 14.3 Å². The Morgan fingerprint density at radius 3 is 2.59 bits per heavy atom. The number of hydrogen-bond acceptors (Lipinski definition) is 6. The monoisotopic (exact) mass is 439 g/mol. The number of carbonyl (C=O) groups excluding carboxylic acids is 2. The van der Waals surface area contributed by atoms with Crippen LogP contribution in [0, 0.1) is 5.41 Å². The first-order valence-electron chi connectivity index (χ1n) is 10.6. The highest BCUT2D eigenvalue weighted by molar-refractivity contribution is 6.02. The molecular formula is C22H29N7O3. The number of aliphatic hydroxyl groups is 1. The SMILES string of the molecule is CC(O)C(=O)N1CCC(Nc2c(C(N)=O)cnn3cc(-c4cnn(C)c4)cc23)C(C)(C)C1. The molecule has 4 N–H and O–H groups in total. The van der Waals surface area contributed by atoms with E-state index in [-0.39, 0.29) is 17.4 Å². The summed E-state index contributed by atoms with van der Waals surface area (Å²) in [6.45, 7) is 6.62. The van der Waals surface area contributed by atoms with Gasteiger partial charge in [0.1, 0.15) is 6.10 Å². The number of aromatic nitrogens is 4. The second-order valence-electron chi connectivity index (χ2n) is 9.17. The fourth-order valence-electron chi connectivity index (χ4n) is 4.37. The number of likely N-dealkylation sites (tertiary alicyclic amines) is 1. The standard InChI is InChI=1S/C22H29N7O3/c1-13(30)21(32)28-6-5-18(22(2,3)12-28)26-19-16(20(23)31)9-25-29-11-14(7-17(19)29)15-8-24-27(4)10-15/h7-11,13,18,26,30H,5-6,12H2,1-4H3,(H2,23,31). The van der Waals surface area contributed by atoms with Crippen LogP contribution in [0.1, 0.15) is 37.6 Å². The van der Waals surface area contributed by atoms with Crippen LogP contribution in [0.15, 0.2) is 30.9 Å². The highest BCUT2D eigenvalue weighted by Crippen LogP contribution is 2.35. The van der Waals surface area contributed by atoms with Gasteiger partial charge in [-0.2, -0.15) is 10.2 Å². The zero-order valence-electron chi connectivity index (χ0n) is 18.7. The summed E-state index contributed by atoms with van der Waals surface area (Å²) in [5.74, 6) is -0.834. The van der Waals surface area contributed by atoms with Gasteiger partial charge in [-0.15, -0.1) is 0 Å². The minimum absolute atomic E-state index is 0.0263. The molecule has 4 rings (SSSR count). The van der Waals surface area contributed by atoms with Crippen LogP contribution >= 0.6 is 0 Å². The Bertz CT molecular complexity index is 1180. The van der Waals surface area contributed by atoms with E-state index >= 15 is 0 Å². The molecule has 0 saturated carbocycles. The highest BCUT2D eigenvalue weighted by Gasteiger charge is 2.39. The lowest BCUT2D eigenvalue weighted by atomic mass is 9.78. The van der Waals surface area contributed by atoms with E-state index in [0.29, 0.717) is 30.8 Å². The lowest BCUT2D eigenvalue weighted by Gasteiger charge is -2.45. The Morgan fingerprint density at radius 2 is 2.00 bits per heavy atom. The molecule has 0 spiro atoms. The number of carbonyl (C=O) groups is 2. The summed E-state index contributed by atoms with van der Waals surface area (Å²) in [6, 6.07) is 1.93. The molecule has 1 saturated heterocycles. The number of hydrogen-bond donors (Lipinski definition) is 3. The molecule has 3 aromatic heterocycles. The first kappa shape index (κ1) is 21.8. The van der Waals surface area contributed by atoms with Crippen LogP contribution < -0.4 is 11.1 Å². The van der Waals surface area contributed by atoms with Gasteiger partial charge >= 0.3 is 0 Å². The summed E-state index contributed by atoms with van der Waals surface area (Å²) >= 11 is 0. The van der Waals surface area contributed by atoms with Crippen molar-refractivity contribution in [3.63, 3.8) is 0 Å². The molecule has 1 aliphatic heterocycles. The van der Waals surface area contributed by atoms with Crippen LogP contribution in [0.5, 0.6) is 0 Å². The van der Waals surface area contributed by atoms with Crippen molar-refractivity contribution in [2.75, 3.05) is 18.4 Å². The smallest absolute Gasteiger partial charge is 0.252 e. The Morgan fingerprint density at radius 1 is 1.25 bits per heavy atom. The van der Waals surface area contributed by atoms with Gasteiger partial charge in [0.25, 0.3) is 11.8 Å². The van der Waals surface area contributed by atoms with Gasteiger partial charge < -0.3 is 21.1 Å². The lowest BCUT2D eigenvalue weighted by molar-refractivity contribution is -0.142. The first-order valence-corrected chi connectivity index (χ1v) is 10.6. The number of primary amides is 1. The molecule has 4 heterocycles. The van der Waals surface area contributed by atoms with E-state index in [2.05, 4.69) is 29.4 Å². The average molecular weight is 440 g/mol. The van der Waals surface area contributed by atoms with Crippen molar-refractivity contribution < 1.29 is 14.7 Å². The van der Waals surface area contributed by atoms with Gasteiger partial charge in [0.05, 0.1) is 29.2 Å². The molecule has 32 heavy (non-hydrogen) atoms. The summed E-state index contributed by atoms with van der Waals surface area (Å²) in [4.78, 5) is 26.2. The molecule has 170 valence electrons. The molecular weight excluding hydrogens is 410 g/mol. The molecule has 1 aliphatic rings. The van der Waals surface area contributed by atoms with Crippen molar-refractivity contribution in [2.24, 2.45) is 18.2 Å². The molecule has 0 aromatic carbocycles. The van der Waals surface area contributed by atoms with Crippen molar-refractivity contribution in [1.82, 2.24) is 24.3 Å². The second-order valence-corrected chi connectivity index (χ2v) is 9.17. The minimum atomic E-state index is -1.02. The molecule has 0 radical (unpaired) electrons. The van der Waals surface area contributed by atoms with Crippen molar-refractivity contribution in [3.8, 4) is 11.1 Å². The number of anilines is 1. The summed E-state index contributed by atoms with van der Waals surface area (Å²) in [7, 11) is 1.85. The van der Waals surface area contributed by atoms with Crippen LogP contribution in [0.4, 0.5) is 5.69 Å². The summed E-state index contributed by atoms with van der Waals surface area (Å²) in [5, 5.41) is 21.8. The number of piperidine rings is 1. The van der Waals surface area contributed by atoms with Gasteiger partial charge in [-0.05, 0) is 19.4 Å². The Balaban J connectivity index is 1.70. The van der Waals surface area contributed by atoms with Crippen molar-refractivity contribution >= 4 is 23.0 Å². The largest absolute Gasteiger partial charge is 0.384 e. The fraction of sp³-hybridized carbons (Fsp3) is 0.455. The number of nitrogens with zero attached hydrogens (tertiary/aromatic N) is 5. The molecule has 2 unspecified atom stereocenters. The van der Waals surface area contributed by atoms with E-state index in [4.69, 9.17) is 5.73 Å². The zero-order valence-corrected chi connectivity index (χ0v) is 18.7. The maximum Gasteiger partial charge on any atom is 0.252 e. The lowest BCUT2D eigenvalue weighted by Crippen LogP contribution is -2.55. The van der Waals surface area contributed by atoms with Gasteiger partial charge in [-0.25, -0.2) is 4.52 Å². The summed E-state index contributed by atoms with van der Waals surface area (Å²) in [5.41, 5.74) is 8.89. The normalized spacial score (nSPS) is 19.2. The third kappa shape index (κ3) is 3.93. The topological polar surface area (TPSA) is 131 Å². The van der Waals surface area contributed by atoms with Crippen molar-refractivity contribution in [2.45, 2.75) is 39.3 Å². The van der Waals surface area contributed by atoms with Crippen LogP contribution in [0.25, 0.3) is 16.6 Å². The van der Waals surface area contributed by atoms with Gasteiger partial charge in [-0.1, -0.05) is 13.8 Å². The number of aliphatic hydroxyl groups excluding tert-OH is 1. The second kappa shape index (κ2) is 7.94. The number of amides is 2. The fourth-order valence-corrected chi connectivity index (χ4v) is 4.37. The maximum atomic E-state index is 12.3. The third-order valence-electron chi connectivity index (χ3n) is 6.16. The average Bonchev–Trinajstić information content (AvgIpc) is 3.34.